The van der Waals surface area contributed by atoms with Crippen LogP contribution in [0, 0.1) is 5.92 Å². The van der Waals surface area contributed by atoms with Crippen LogP contribution in [0.5, 0.6) is 0 Å². The number of hydrogen-bond acceptors (Lipinski definition) is 4. The van der Waals surface area contributed by atoms with E-state index in [0.29, 0.717) is 24.0 Å². The second kappa shape index (κ2) is 10.7. The summed E-state index contributed by atoms with van der Waals surface area (Å²) in [5.74, 6) is 0.464. The molecule has 0 spiro atoms. The zero-order valence-corrected chi connectivity index (χ0v) is 18.5. The minimum absolute atomic E-state index is 0.172. The van der Waals surface area contributed by atoms with Crippen LogP contribution in [0.3, 0.4) is 0 Å². The van der Waals surface area contributed by atoms with E-state index in [4.69, 9.17) is 5.73 Å². The number of carbonyl (C=O) groups is 1. The number of rotatable bonds is 6. The molecule has 3 aliphatic rings. The third-order valence-electron chi connectivity index (χ3n) is 7.57. The van der Waals surface area contributed by atoms with E-state index in [9.17, 15) is 4.79 Å². The van der Waals surface area contributed by atoms with E-state index in [2.05, 4.69) is 45.4 Å². The molecule has 3 fully saturated rings. The van der Waals surface area contributed by atoms with Crippen molar-refractivity contribution in [3.8, 4) is 0 Å². The number of likely N-dealkylation sites (tertiary alicyclic amines) is 2. The number of nitrogens with two attached hydrogens (primary N) is 1. The zero-order valence-electron chi connectivity index (χ0n) is 18.5. The van der Waals surface area contributed by atoms with Gasteiger partial charge in [0.1, 0.15) is 0 Å². The van der Waals surface area contributed by atoms with Crippen LogP contribution in [0.25, 0.3) is 0 Å². The lowest BCUT2D eigenvalue weighted by molar-refractivity contribution is -0.128. The molecule has 3 N–H and O–H groups in total. The first kappa shape index (κ1) is 21.8. The van der Waals surface area contributed by atoms with Crippen LogP contribution in [0.4, 0.5) is 0 Å². The fourth-order valence-electron chi connectivity index (χ4n) is 5.57. The van der Waals surface area contributed by atoms with Crippen LogP contribution in [0.15, 0.2) is 30.3 Å². The van der Waals surface area contributed by atoms with Crippen molar-refractivity contribution in [2.75, 3.05) is 32.7 Å². The molecule has 0 bridgehead atoms. The maximum absolute atomic E-state index is 12.9. The first-order chi connectivity index (χ1) is 14.7. The van der Waals surface area contributed by atoms with Gasteiger partial charge in [-0.05, 0) is 83.0 Å². The van der Waals surface area contributed by atoms with Gasteiger partial charge in [-0.25, -0.2) is 0 Å². The van der Waals surface area contributed by atoms with Crippen molar-refractivity contribution in [2.45, 2.75) is 75.9 Å². The van der Waals surface area contributed by atoms with Gasteiger partial charge in [0.2, 0.25) is 5.91 Å². The van der Waals surface area contributed by atoms with Crippen LogP contribution in [-0.4, -0.2) is 66.6 Å². The SMILES string of the molecule is NC1CCC(NC(=O)[C@H]2CCCN(C3CCN(CCc4ccccc4)CC3)C2)CC1. The Morgan fingerprint density at radius 1 is 0.967 bits per heavy atom. The molecule has 1 aromatic carbocycles. The molecule has 4 rings (SSSR count). The number of piperidine rings is 2. The molecule has 2 heterocycles. The van der Waals surface area contributed by atoms with Gasteiger partial charge >= 0.3 is 0 Å². The molecule has 2 aliphatic heterocycles. The van der Waals surface area contributed by atoms with Gasteiger partial charge in [0.15, 0.2) is 0 Å². The standard InChI is InChI=1S/C25H40N4O/c26-22-8-10-23(11-9-22)27-25(30)21-7-4-15-29(19-21)24-13-17-28(18-14-24)16-12-20-5-2-1-3-6-20/h1-3,5-6,21-24H,4,7-19,26H2,(H,27,30)/t21-,22?,23?/m0/s1. The molecule has 0 aromatic heterocycles. The predicted octanol–water partition coefficient (Wildman–Crippen LogP) is 2.79. The largest absolute Gasteiger partial charge is 0.353 e. The Morgan fingerprint density at radius 3 is 2.43 bits per heavy atom. The van der Waals surface area contributed by atoms with Gasteiger partial charge < -0.3 is 16.0 Å². The summed E-state index contributed by atoms with van der Waals surface area (Å²) in [6.07, 6.45) is 10.0. The van der Waals surface area contributed by atoms with E-state index in [1.54, 1.807) is 0 Å². The summed E-state index contributed by atoms with van der Waals surface area (Å²) in [6.45, 7) is 5.65. The lowest BCUT2D eigenvalue weighted by atomic mass is 9.90. The molecule has 1 aliphatic carbocycles. The third-order valence-corrected chi connectivity index (χ3v) is 7.57. The van der Waals surface area contributed by atoms with Crippen molar-refractivity contribution in [1.29, 1.82) is 0 Å². The second-order valence-electron chi connectivity index (χ2n) is 9.76. The summed E-state index contributed by atoms with van der Waals surface area (Å²) in [7, 11) is 0. The molecule has 166 valence electrons. The molecular formula is C25H40N4O. The van der Waals surface area contributed by atoms with E-state index in [0.717, 1.165) is 64.6 Å². The van der Waals surface area contributed by atoms with Gasteiger partial charge in [0.05, 0.1) is 5.92 Å². The summed E-state index contributed by atoms with van der Waals surface area (Å²) in [6, 6.07) is 12.2. The Labute approximate surface area is 182 Å². The van der Waals surface area contributed by atoms with Gasteiger partial charge in [0.25, 0.3) is 0 Å². The minimum Gasteiger partial charge on any atom is -0.353 e. The molecule has 2 saturated heterocycles. The monoisotopic (exact) mass is 412 g/mol. The normalized spacial score (nSPS) is 29.6. The minimum atomic E-state index is 0.172. The molecule has 5 nitrogen and oxygen atoms in total. The highest BCUT2D eigenvalue weighted by Gasteiger charge is 2.32. The molecular weight excluding hydrogens is 372 g/mol. The van der Waals surface area contributed by atoms with Crippen LogP contribution < -0.4 is 11.1 Å². The Balaban J connectivity index is 1.19. The van der Waals surface area contributed by atoms with Gasteiger partial charge in [-0.15, -0.1) is 0 Å². The van der Waals surface area contributed by atoms with Crippen LogP contribution >= 0.6 is 0 Å². The number of carbonyl (C=O) groups excluding carboxylic acids is 1. The molecule has 5 heteroatoms. The van der Waals surface area contributed by atoms with Crippen molar-refractivity contribution in [2.24, 2.45) is 11.7 Å². The van der Waals surface area contributed by atoms with E-state index >= 15 is 0 Å². The smallest absolute Gasteiger partial charge is 0.224 e. The summed E-state index contributed by atoms with van der Waals surface area (Å²) in [4.78, 5) is 18.1. The van der Waals surface area contributed by atoms with Crippen molar-refractivity contribution in [1.82, 2.24) is 15.1 Å². The average Bonchev–Trinajstić information content (AvgIpc) is 2.80. The molecule has 1 atom stereocenters. The molecule has 0 radical (unpaired) electrons. The maximum atomic E-state index is 12.9. The quantitative estimate of drug-likeness (QED) is 0.754. The zero-order chi connectivity index (χ0) is 20.8. The van der Waals surface area contributed by atoms with Crippen LogP contribution in [0.2, 0.25) is 0 Å². The Kier molecular flexibility index (Phi) is 7.80. The number of nitrogens with one attached hydrogen (secondary N) is 1. The molecule has 1 saturated carbocycles. The number of hydrogen-bond donors (Lipinski definition) is 2. The number of nitrogens with zero attached hydrogens (tertiary/aromatic N) is 2. The molecule has 30 heavy (non-hydrogen) atoms. The fourth-order valence-corrected chi connectivity index (χ4v) is 5.57. The fraction of sp³-hybridized carbons (Fsp3) is 0.720. The Bertz CT molecular complexity index is 650. The van der Waals surface area contributed by atoms with Crippen molar-refractivity contribution >= 4 is 5.91 Å². The molecule has 0 unspecified atom stereocenters. The van der Waals surface area contributed by atoms with Gasteiger partial charge in [-0.2, -0.15) is 0 Å². The van der Waals surface area contributed by atoms with E-state index in [1.165, 1.54) is 31.5 Å². The number of benzene rings is 1. The van der Waals surface area contributed by atoms with E-state index < -0.39 is 0 Å². The highest BCUT2D eigenvalue weighted by molar-refractivity contribution is 5.79. The van der Waals surface area contributed by atoms with E-state index in [1.807, 2.05) is 0 Å². The van der Waals surface area contributed by atoms with Gasteiger partial charge in [-0.1, -0.05) is 30.3 Å². The van der Waals surface area contributed by atoms with Crippen LogP contribution in [-0.2, 0) is 11.2 Å². The lowest BCUT2D eigenvalue weighted by Crippen LogP contribution is -2.52. The molecule has 1 amide bonds. The van der Waals surface area contributed by atoms with Crippen molar-refractivity contribution in [3.63, 3.8) is 0 Å². The number of amides is 1. The topological polar surface area (TPSA) is 61.6 Å². The van der Waals surface area contributed by atoms with Gasteiger partial charge in [0, 0.05) is 31.2 Å². The first-order valence-corrected chi connectivity index (χ1v) is 12.2. The maximum Gasteiger partial charge on any atom is 0.224 e. The summed E-state index contributed by atoms with van der Waals surface area (Å²) >= 11 is 0. The Hall–Kier alpha value is -1.43. The second-order valence-corrected chi connectivity index (χ2v) is 9.76. The third kappa shape index (κ3) is 6.05. The van der Waals surface area contributed by atoms with Crippen molar-refractivity contribution < 1.29 is 4.79 Å². The van der Waals surface area contributed by atoms with E-state index in [-0.39, 0.29) is 5.92 Å². The lowest BCUT2D eigenvalue weighted by Gasteiger charge is -2.42. The summed E-state index contributed by atoms with van der Waals surface area (Å²) in [5.41, 5.74) is 7.44. The van der Waals surface area contributed by atoms with Gasteiger partial charge in [-0.3, -0.25) is 9.69 Å². The summed E-state index contributed by atoms with van der Waals surface area (Å²) < 4.78 is 0. The summed E-state index contributed by atoms with van der Waals surface area (Å²) in [5, 5.41) is 3.34. The highest BCUT2D eigenvalue weighted by atomic mass is 16.2. The van der Waals surface area contributed by atoms with Crippen molar-refractivity contribution in [3.05, 3.63) is 35.9 Å². The molecule has 1 aromatic rings. The first-order valence-electron chi connectivity index (χ1n) is 12.2. The predicted molar refractivity (Wildman–Crippen MR) is 122 cm³/mol. The van der Waals surface area contributed by atoms with Crippen LogP contribution in [0.1, 0.15) is 56.9 Å². The Morgan fingerprint density at radius 2 is 1.70 bits per heavy atom. The average molecular weight is 413 g/mol. The highest BCUT2D eigenvalue weighted by Crippen LogP contribution is 2.25.